The molecule has 0 atom stereocenters. The highest BCUT2D eigenvalue weighted by Crippen LogP contribution is 2.33. The summed E-state index contributed by atoms with van der Waals surface area (Å²) in [5.41, 5.74) is 1.19. The lowest BCUT2D eigenvalue weighted by molar-refractivity contribution is -0.119. The maximum atomic E-state index is 11.3. The van der Waals surface area contributed by atoms with Gasteiger partial charge in [-0.05, 0) is 12.8 Å². The van der Waals surface area contributed by atoms with Crippen molar-refractivity contribution in [3.8, 4) is 0 Å². The Morgan fingerprint density at radius 1 is 1.11 bits per heavy atom. The Morgan fingerprint density at radius 2 is 1.83 bits per heavy atom. The summed E-state index contributed by atoms with van der Waals surface area (Å²) >= 11 is 0. The Labute approximate surface area is 107 Å². The van der Waals surface area contributed by atoms with Crippen LogP contribution in [0.3, 0.4) is 0 Å². The fourth-order valence-corrected chi connectivity index (χ4v) is 2.96. The van der Waals surface area contributed by atoms with E-state index in [2.05, 4.69) is 20.9 Å². The summed E-state index contributed by atoms with van der Waals surface area (Å²) in [7, 11) is 0. The molecule has 1 aromatic heterocycles. The van der Waals surface area contributed by atoms with E-state index in [4.69, 9.17) is 0 Å². The van der Waals surface area contributed by atoms with E-state index in [1.807, 2.05) is 0 Å². The highest BCUT2D eigenvalue weighted by Gasteiger charge is 2.21. The topological polar surface area (TPSA) is 46.1 Å². The second-order valence-corrected chi connectivity index (χ2v) is 5.31. The predicted molar refractivity (Wildman–Crippen MR) is 69.7 cm³/mol. The first-order valence-electron chi connectivity index (χ1n) is 6.91. The lowest BCUT2D eigenvalue weighted by Gasteiger charge is -2.27. The maximum absolute atomic E-state index is 11.3. The maximum Gasteiger partial charge on any atom is 0.136 e. The number of piperidine rings is 1. The largest absolute Gasteiger partial charge is 0.356 e. The van der Waals surface area contributed by atoms with Gasteiger partial charge in [0.2, 0.25) is 0 Å². The predicted octanol–water partition coefficient (Wildman–Crippen LogP) is 2.30. The average molecular weight is 245 g/mol. The molecule has 0 unspecified atom stereocenters. The molecule has 0 amide bonds. The summed E-state index contributed by atoms with van der Waals surface area (Å²) in [5.74, 6) is 1.99. The average Bonchev–Trinajstić information content (AvgIpc) is 2.94. The fourth-order valence-electron chi connectivity index (χ4n) is 2.96. The van der Waals surface area contributed by atoms with Gasteiger partial charge >= 0.3 is 0 Å². The summed E-state index contributed by atoms with van der Waals surface area (Å²) in [5, 5.41) is 0. The molecule has 0 bridgehead atoms. The van der Waals surface area contributed by atoms with E-state index >= 15 is 0 Å². The monoisotopic (exact) mass is 245 g/mol. The number of carbonyl (C=O) groups is 1. The van der Waals surface area contributed by atoms with E-state index in [0.29, 0.717) is 24.5 Å². The third-order valence-corrected chi connectivity index (χ3v) is 4.09. The van der Waals surface area contributed by atoms with Gasteiger partial charge in [-0.3, -0.25) is 4.79 Å². The van der Waals surface area contributed by atoms with Crippen LogP contribution in [0.15, 0.2) is 12.4 Å². The molecule has 0 radical (unpaired) electrons. The lowest BCUT2D eigenvalue weighted by atomic mass is 10.0. The SMILES string of the molecule is O=C1CCN(c2cc(C3CCCC3)ncn2)CC1. The van der Waals surface area contributed by atoms with Crippen molar-refractivity contribution in [2.24, 2.45) is 0 Å². The molecule has 2 heterocycles. The molecule has 1 aliphatic heterocycles. The zero-order valence-electron chi connectivity index (χ0n) is 10.6. The third-order valence-electron chi connectivity index (χ3n) is 4.09. The molecule has 3 rings (SSSR count). The van der Waals surface area contributed by atoms with E-state index < -0.39 is 0 Å². The van der Waals surface area contributed by atoms with Crippen LogP contribution in [-0.2, 0) is 4.79 Å². The number of nitrogens with zero attached hydrogens (tertiary/aromatic N) is 3. The first-order valence-corrected chi connectivity index (χ1v) is 6.91. The summed E-state index contributed by atoms with van der Waals surface area (Å²) in [6, 6.07) is 2.13. The van der Waals surface area contributed by atoms with E-state index in [0.717, 1.165) is 18.9 Å². The van der Waals surface area contributed by atoms with Crippen molar-refractivity contribution in [3.05, 3.63) is 18.1 Å². The molecule has 1 saturated carbocycles. The molecule has 96 valence electrons. The van der Waals surface area contributed by atoms with Gasteiger partial charge < -0.3 is 4.90 Å². The summed E-state index contributed by atoms with van der Waals surface area (Å²) in [6.07, 6.45) is 8.15. The van der Waals surface area contributed by atoms with Crippen molar-refractivity contribution in [2.75, 3.05) is 18.0 Å². The van der Waals surface area contributed by atoms with Gasteiger partial charge in [0.1, 0.15) is 17.9 Å². The van der Waals surface area contributed by atoms with E-state index in [1.165, 1.54) is 31.4 Å². The minimum Gasteiger partial charge on any atom is -0.356 e. The fraction of sp³-hybridized carbons (Fsp3) is 0.643. The van der Waals surface area contributed by atoms with Crippen LogP contribution in [0.5, 0.6) is 0 Å². The van der Waals surface area contributed by atoms with E-state index in [-0.39, 0.29) is 0 Å². The highest BCUT2D eigenvalue weighted by molar-refractivity contribution is 5.80. The normalized spacial score (nSPS) is 21.6. The first kappa shape index (κ1) is 11.6. The second-order valence-electron chi connectivity index (χ2n) is 5.31. The molecule has 4 nitrogen and oxygen atoms in total. The quantitative estimate of drug-likeness (QED) is 0.802. The Kier molecular flexibility index (Phi) is 3.26. The number of hydrogen-bond donors (Lipinski definition) is 0. The van der Waals surface area contributed by atoms with E-state index in [1.54, 1.807) is 6.33 Å². The number of carbonyl (C=O) groups excluding carboxylic acids is 1. The number of rotatable bonds is 2. The van der Waals surface area contributed by atoms with Gasteiger partial charge in [-0.15, -0.1) is 0 Å². The molecular formula is C14H19N3O. The van der Waals surface area contributed by atoms with Crippen LogP contribution in [0.1, 0.15) is 50.1 Å². The summed E-state index contributed by atoms with van der Waals surface area (Å²) < 4.78 is 0. The van der Waals surface area contributed by atoms with Crippen LogP contribution in [0, 0.1) is 0 Å². The Balaban J connectivity index is 1.75. The Hall–Kier alpha value is -1.45. The zero-order valence-corrected chi connectivity index (χ0v) is 10.6. The number of hydrogen-bond acceptors (Lipinski definition) is 4. The van der Waals surface area contributed by atoms with Crippen molar-refractivity contribution in [2.45, 2.75) is 44.4 Å². The molecular weight excluding hydrogens is 226 g/mol. The molecule has 1 aromatic rings. The minimum atomic E-state index is 0.372. The standard InChI is InChI=1S/C14H19N3O/c18-12-5-7-17(8-6-12)14-9-13(15-10-16-14)11-3-1-2-4-11/h9-11H,1-8H2. The van der Waals surface area contributed by atoms with Gasteiger partial charge in [0, 0.05) is 43.6 Å². The van der Waals surface area contributed by atoms with Crippen molar-refractivity contribution < 1.29 is 4.79 Å². The zero-order chi connectivity index (χ0) is 12.4. The minimum absolute atomic E-state index is 0.372. The van der Waals surface area contributed by atoms with Crippen LogP contribution in [0.25, 0.3) is 0 Å². The molecule has 18 heavy (non-hydrogen) atoms. The Bertz CT molecular complexity index is 430. The van der Waals surface area contributed by atoms with Gasteiger partial charge in [0.15, 0.2) is 0 Å². The molecule has 2 fully saturated rings. The number of ketones is 1. The van der Waals surface area contributed by atoms with Crippen molar-refractivity contribution in [1.29, 1.82) is 0 Å². The second kappa shape index (κ2) is 5.04. The van der Waals surface area contributed by atoms with Crippen LogP contribution in [0.4, 0.5) is 5.82 Å². The molecule has 2 aliphatic rings. The van der Waals surface area contributed by atoms with Crippen LogP contribution >= 0.6 is 0 Å². The van der Waals surface area contributed by atoms with Gasteiger partial charge in [-0.1, -0.05) is 12.8 Å². The number of aromatic nitrogens is 2. The van der Waals surface area contributed by atoms with E-state index in [9.17, 15) is 4.79 Å². The Morgan fingerprint density at radius 3 is 2.56 bits per heavy atom. The van der Waals surface area contributed by atoms with Crippen LogP contribution in [0.2, 0.25) is 0 Å². The molecule has 0 aromatic carbocycles. The van der Waals surface area contributed by atoms with Crippen molar-refractivity contribution in [3.63, 3.8) is 0 Å². The van der Waals surface area contributed by atoms with Gasteiger partial charge in [-0.25, -0.2) is 9.97 Å². The van der Waals surface area contributed by atoms with Crippen molar-refractivity contribution in [1.82, 2.24) is 9.97 Å². The molecule has 4 heteroatoms. The number of anilines is 1. The highest BCUT2D eigenvalue weighted by atomic mass is 16.1. The summed E-state index contributed by atoms with van der Waals surface area (Å²) in [6.45, 7) is 1.61. The lowest BCUT2D eigenvalue weighted by Crippen LogP contribution is -2.34. The molecule has 1 aliphatic carbocycles. The van der Waals surface area contributed by atoms with Gasteiger partial charge in [-0.2, -0.15) is 0 Å². The van der Waals surface area contributed by atoms with Crippen molar-refractivity contribution >= 4 is 11.6 Å². The third kappa shape index (κ3) is 2.37. The molecule has 1 saturated heterocycles. The van der Waals surface area contributed by atoms with Crippen LogP contribution < -0.4 is 4.90 Å². The summed E-state index contributed by atoms with van der Waals surface area (Å²) in [4.78, 5) is 22.3. The molecule has 0 spiro atoms. The first-order chi connectivity index (χ1) is 8.83. The smallest absolute Gasteiger partial charge is 0.136 e. The molecule has 0 N–H and O–H groups in total. The van der Waals surface area contributed by atoms with Gasteiger partial charge in [0.25, 0.3) is 0 Å². The van der Waals surface area contributed by atoms with Crippen LogP contribution in [-0.4, -0.2) is 28.8 Å². The van der Waals surface area contributed by atoms with Gasteiger partial charge in [0.05, 0.1) is 0 Å². The number of Topliss-reactive ketones (excluding diaryl/α,β-unsaturated/α-hetero) is 1.